The quantitative estimate of drug-likeness (QED) is 0.773. The molecular formula is C20H23N5O. The summed E-state index contributed by atoms with van der Waals surface area (Å²) < 4.78 is 2.04. The first-order chi connectivity index (χ1) is 12.8. The van der Waals surface area contributed by atoms with Gasteiger partial charge in [0.05, 0.1) is 12.0 Å². The summed E-state index contributed by atoms with van der Waals surface area (Å²) in [6, 6.07) is 10.7. The lowest BCUT2D eigenvalue weighted by atomic mass is 9.93. The van der Waals surface area contributed by atoms with Crippen LogP contribution in [0, 0.1) is 5.92 Å². The Morgan fingerprint density at radius 1 is 1.19 bits per heavy atom. The fourth-order valence-electron chi connectivity index (χ4n) is 4.49. The van der Waals surface area contributed by atoms with Crippen LogP contribution < -0.4 is 0 Å². The second kappa shape index (κ2) is 6.27. The van der Waals surface area contributed by atoms with Crippen molar-refractivity contribution < 1.29 is 4.79 Å². The predicted octanol–water partition coefficient (Wildman–Crippen LogP) is 3.08. The third-order valence-electron chi connectivity index (χ3n) is 5.87. The average molecular weight is 349 g/mol. The molecule has 26 heavy (non-hydrogen) atoms. The van der Waals surface area contributed by atoms with Crippen LogP contribution in [0.1, 0.15) is 43.2 Å². The van der Waals surface area contributed by atoms with E-state index in [4.69, 9.17) is 0 Å². The number of benzene rings is 1. The van der Waals surface area contributed by atoms with Crippen molar-refractivity contribution >= 4 is 16.8 Å². The van der Waals surface area contributed by atoms with E-state index in [1.165, 1.54) is 17.5 Å². The van der Waals surface area contributed by atoms with Gasteiger partial charge >= 0.3 is 0 Å². The molecule has 2 aromatic heterocycles. The summed E-state index contributed by atoms with van der Waals surface area (Å²) in [6.45, 7) is 1.56. The third-order valence-corrected chi connectivity index (χ3v) is 5.87. The molecule has 1 aromatic carbocycles. The van der Waals surface area contributed by atoms with E-state index in [2.05, 4.69) is 44.3 Å². The maximum Gasteiger partial charge on any atom is 0.228 e. The number of nitrogens with one attached hydrogen (secondary N) is 1. The van der Waals surface area contributed by atoms with Crippen LogP contribution in [0.15, 0.2) is 36.7 Å². The van der Waals surface area contributed by atoms with E-state index in [9.17, 15) is 4.79 Å². The monoisotopic (exact) mass is 349 g/mol. The Balaban J connectivity index is 1.41. The summed E-state index contributed by atoms with van der Waals surface area (Å²) in [5.74, 6) is 1.32. The normalized spacial score (nSPS) is 23.2. The molecule has 3 aromatic rings. The van der Waals surface area contributed by atoms with Gasteiger partial charge in [0, 0.05) is 30.7 Å². The molecule has 6 heteroatoms. The highest BCUT2D eigenvalue weighted by Crippen LogP contribution is 2.34. The molecular weight excluding hydrogens is 326 g/mol. The van der Waals surface area contributed by atoms with Gasteiger partial charge in [0.2, 0.25) is 5.91 Å². The molecule has 1 amide bonds. The Bertz CT molecular complexity index is 909. The van der Waals surface area contributed by atoms with Crippen LogP contribution in [0.3, 0.4) is 0 Å². The van der Waals surface area contributed by atoms with Crippen molar-refractivity contribution in [1.29, 1.82) is 0 Å². The minimum atomic E-state index is 0.0310. The van der Waals surface area contributed by atoms with E-state index in [1.807, 2.05) is 10.6 Å². The third kappa shape index (κ3) is 2.60. The first-order valence-corrected chi connectivity index (χ1v) is 9.54. The first kappa shape index (κ1) is 15.6. The lowest BCUT2D eigenvalue weighted by molar-refractivity contribution is -0.140. The highest BCUT2D eigenvalue weighted by molar-refractivity contribution is 5.82. The van der Waals surface area contributed by atoms with Crippen LogP contribution in [0.5, 0.6) is 0 Å². The highest BCUT2D eigenvalue weighted by Gasteiger charge is 2.35. The Hall–Kier alpha value is -2.63. The lowest BCUT2D eigenvalue weighted by Crippen LogP contribution is -2.44. The molecule has 1 N–H and O–H groups in total. The molecule has 5 rings (SSSR count). The SMILES string of the molecule is O=C(C1CCc2nncn2C1)N1CCCCC1c1cc2ccccc2[nH]1. The fourth-order valence-corrected chi connectivity index (χ4v) is 4.49. The predicted molar refractivity (Wildman–Crippen MR) is 98.4 cm³/mol. The van der Waals surface area contributed by atoms with E-state index in [1.54, 1.807) is 6.33 Å². The fraction of sp³-hybridized carbons (Fsp3) is 0.450. The number of carbonyl (C=O) groups excluding carboxylic acids is 1. The number of fused-ring (bicyclic) bond motifs is 2. The second-order valence-corrected chi connectivity index (χ2v) is 7.49. The number of para-hydroxylation sites is 1. The largest absolute Gasteiger partial charge is 0.357 e. The molecule has 2 aliphatic heterocycles. The Morgan fingerprint density at radius 2 is 2.12 bits per heavy atom. The number of amides is 1. The molecule has 2 unspecified atom stereocenters. The molecule has 0 spiro atoms. The highest BCUT2D eigenvalue weighted by atomic mass is 16.2. The van der Waals surface area contributed by atoms with Gasteiger partial charge in [0.15, 0.2) is 0 Å². The molecule has 0 radical (unpaired) electrons. The van der Waals surface area contributed by atoms with Crippen molar-refractivity contribution in [3.8, 4) is 0 Å². The topological polar surface area (TPSA) is 66.8 Å². The molecule has 1 fully saturated rings. The number of H-pyrrole nitrogens is 1. The van der Waals surface area contributed by atoms with Crippen LogP contribution in [-0.2, 0) is 17.8 Å². The van der Waals surface area contributed by atoms with E-state index >= 15 is 0 Å². The molecule has 0 bridgehead atoms. The molecule has 134 valence electrons. The van der Waals surface area contributed by atoms with Crippen LogP contribution in [-0.4, -0.2) is 37.1 Å². The number of carbonyl (C=O) groups is 1. The van der Waals surface area contributed by atoms with Gasteiger partial charge in [0.25, 0.3) is 0 Å². The number of aryl methyl sites for hydroxylation is 1. The standard InChI is InChI=1S/C20H23N5O/c26-20(15-8-9-19-23-21-13-24(19)12-15)25-10-4-3-7-18(25)17-11-14-5-1-2-6-16(14)22-17/h1-2,5-6,11,13,15,18,22H,3-4,7-10,12H2. The van der Waals surface area contributed by atoms with Crippen LogP contribution in [0.4, 0.5) is 0 Å². The number of piperidine rings is 1. The number of nitrogens with zero attached hydrogens (tertiary/aromatic N) is 4. The van der Waals surface area contributed by atoms with Gasteiger partial charge < -0.3 is 14.5 Å². The molecule has 0 saturated carbocycles. The minimum Gasteiger partial charge on any atom is -0.357 e. The number of hydrogen-bond acceptors (Lipinski definition) is 3. The van der Waals surface area contributed by atoms with E-state index in [0.717, 1.165) is 43.6 Å². The number of likely N-dealkylation sites (tertiary alicyclic amines) is 1. The number of aromatic nitrogens is 4. The van der Waals surface area contributed by atoms with E-state index in [0.29, 0.717) is 6.54 Å². The van der Waals surface area contributed by atoms with Crippen molar-refractivity contribution in [2.24, 2.45) is 5.92 Å². The Kier molecular flexibility index (Phi) is 3.76. The zero-order valence-corrected chi connectivity index (χ0v) is 14.8. The first-order valence-electron chi connectivity index (χ1n) is 9.54. The Morgan fingerprint density at radius 3 is 3.04 bits per heavy atom. The van der Waals surface area contributed by atoms with Crippen molar-refractivity contribution in [3.63, 3.8) is 0 Å². The molecule has 6 nitrogen and oxygen atoms in total. The van der Waals surface area contributed by atoms with Gasteiger partial charge in [-0.3, -0.25) is 4.79 Å². The molecule has 2 aliphatic rings. The average Bonchev–Trinajstić information content (AvgIpc) is 3.33. The maximum absolute atomic E-state index is 13.3. The van der Waals surface area contributed by atoms with Gasteiger partial charge in [-0.15, -0.1) is 10.2 Å². The van der Waals surface area contributed by atoms with E-state index < -0.39 is 0 Å². The van der Waals surface area contributed by atoms with Gasteiger partial charge in [-0.05, 0) is 43.2 Å². The molecule has 0 aliphatic carbocycles. The van der Waals surface area contributed by atoms with Gasteiger partial charge in [-0.2, -0.15) is 0 Å². The number of rotatable bonds is 2. The lowest BCUT2D eigenvalue weighted by Gasteiger charge is -2.38. The zero-order valence-electron chi connectivity index (χ0n) is 14.8. The van der Waals surface area contributed by atoms with Crippen LogP contribution in [0.25, 0.3) is 10.9 Å². The Labute approximate surface area is 152 Å². The summed E-state index contributed by atoms with van der Waals surface area (Å²) in [5, 5.41) is 9.33. The smallest absolute Gasteiger partial charge is 0.228 e. The molecule has 2 atom stereocenters. The van der Waals surface area contributed by atoms with Crippen LogP contribution in [0.2, 0.25) is 0 Å². The minimum absolute atomic E-state index is 0.0310. The zero-order chi connectivity index (χ0) is 17.5. The van der Waals surface area contributed by atoms with E-state index in [-0.39, 0.29) is 17.9 Å². The second-order valence-electron chi connectivity index (χ2n) is 7.49. The summed E-state index contributed by atoms with van der Waals surface area (Å²) in [4.78, 5) is 19.0. The van der Waals surface area contributed by atoms with Gasteiger partial charge in [-0.25, -0.2) is 0 Å². The maximum atomic E-state index is 13.3. The van der Waals surface area contributed by atoms with Gasteiger partial charge in [-0.1, -0.05) is 18.2 Å². The van der Waals surface area contributed by atoms with Crippen molar-refractivity contribution in [2.75, 3.05) is 6.54 Å². The summed E-state index contributed by atoms with van der Waals surface area (Å²) >= 11 is 0. The van der Waals surface area contributed by atoms with Crippen LogP contribution >= 0.6 is 0 Å². The number of hydrogen-bond donors (Lipinski definition) is 1. The summed E-state index contributed by atoms with van der Waals surface area (Å²) in [5.41, 5.74) is 2.31. The van der Waals surface area contributed by atoms with Crippen molar-refractivity contribution in [2.45, 2.75) is 44.7 Å². The molecule has 4 heterocycles. The van der Waals surface area contributed by atoms with Crippen molar-refractivity contribution in [1.82, 2.24) is 24.6 Å². The summed E-state index contributed by atoms with van der Waals surface area (Å²) in [7, 11) is 0. The molecule has 1 saturated heterocycles. The van der Waals surface area contributed by atoms with Crippen molar-refractivity contribution in [3.05, 3.63) is 48.2 Å². The summed E-state index contributed by atoms with van der Waals surface area (Å²) in [6.07, 6.45) is 6.75. The van der Waals surface area contributed by atoms with Gasteiger partial charge in [0.1, 0.15) is 12.2 Å². The number of aromatic amines is 1.